The van der Waals surface area contributed by atoms with Crippen LogP contribution < -0.4 is 9.64 Å². The summed E-state index contributed by atoms with van der Waals surface area (Å²) in [5.41, 5.74) is 0.630. The van der Waals surface area contributed by atoms with E-state index in [1.165, 1.54) is 12.0 Å². The third kappa shape index (κ3) is 3.63. The molecule has 0 bridgehead atoms. The summed E-state index contributed by atoms with van der Waals surface area (Å²) in [6.45, 7) is 10.6. The van der Waals surface area contributed by atoms with Crippen LogP contribution in [0.3, 0.4) is 0 Å². The summed E-state index contributed by atoms with van der Waals surface area (Å²) in [6, 6.07) is 8.57. The molecule has 1 heterocycles. The Balaban J connectivity index is 2.40. The second-order valence-corrected chi connectivity index (χ2v) is 12.7. The zero-order valence-electron chi connectivity index (χ0n) is 16.6. The summed E-state index contributed by atoms with van der Waals surface area (Å²) >= 11 is 0. The number of nitriles is 1. The van der Waals surface area contributed by atoms with Gasteiger partial charge >= 0.3 is 0 Å². The molecule has 0 aliphatic carbocycles. The Bertz CT molecular complexity index is 691. The van der Waals surface area contributed by atoms with Gasteiger partial charge in [0.25, 0.3) is 5.91 Å². The van der Waals surface area contributed by atoms with Gasteiger partial charge in [-0.25, -0.2) is 0 Å². The molecule has 1 aliphatic rings. The Labute approximate surface area is 156 Å². The van der Waals surface area contributed by atoms with E-state index >= 15 is 0 Å². The van der Waals surface area contributed by atoms with Crippen LogP contribution in [-0.4, -0.2) is 46.7 Å². The van der Waals surface area contributed by atoms with Crippen molar-refractivity contribution in [2.45, 2.75) is 57.2 Å². The number of benzene rings is 1. The highest BCUT2D eigenvalue weighted by Gasteiger charge is 2.53. The molecule has 7 heteroatoms. The molecule has 1 aliphatic heterocycles. The summed E-state index contributed by atoms with van der Waals surface area (Å²) < 4.78 is 17.1. The van der Waals surface area contributed by atoms with Crippen LogP contribution in [-0.2, 0) is 14.0 Å². The average Bonchev–Trinajstić information content (AvgIpc) is 2.84. The molecule has 2 rings (SSSR count). The van der Waals surface area contributed by atoms with E-state index in [0.717, 1.165) is 0 Å². The van der Waals surface area contributed by atoms with Gasteiger partial charge in [0.1, 0.15) is 11.9 Å². The van der Waals surface area contributed by atoms with Crippen LogP contribution in [0.5, 0.6) is 5.75 Å². The monoisotopic (exact) mass is 376 g/mol. The summed E-state index contributed by atoms with van der Waals surface area (Å²) in [7, 11) is 0.873. The lowest BCUT2D eigenvalue weighted by molar-refractivity contribution is -0.128. The Kier molecular flexibility index (Phi) is 5.81. The van der Waals surface area contributed by atoms with Crippen molar-refractivity contribution in [2.75, 3.05) is 19.1 Å². The maximum Gasteiger partial charge on any atom is 0.260 e. The van der Waals surface area contributed by atoms with Gasteiger partial charge in [0.15, 0.2) is 20.5 Å². The minimum absolute atomic E-state index is 0.0398. The van der Waals surface area contributed by atoms with Crippen LogP contribution >= 0.6 is 0 Å². The van der Waals surface area contributed by atoms with Crippen LogP contribution in [0.25, 0.3) is 0 Å². The van der Waals surface area contributed by atoms with Crippen LogP contribution in [0.1, 0.15) is 20.8 Å². The number of carbonyl (C=O) groups excluding carboxylic acids is 1. The Morgan fingerprint density at radius 2 is 1.73 bits per heavy atom. The third-order valence-corrected chi connectivity index (χ3v) is 9.82. The first-order valence-corrected chi connectivity index (χ1v) is 11.6. The molecule has 0 radical (unpaired) electrons. The van der Waals surface area contributed by atoms with Gasteiger partial charge in [0.2, 0.25) is 0 Å². The van der Waals surface area contributed by atoms with E-state index < -0.39 is 26.6 Å². The lowest BCUT2D eigenvalue weighted by atomic mass is 10.1. The van der Waals surface area contributed by atoms with Crippen molar-refractivity contribution >= 4 is 19.9 Å². The Morgan fingerprint density at radius 3 is 2.15 bits per heavy atom. The molecule has 0 aromatic heterocycles. The molecule has 0 spiro atoms. The molecule has 1 fully saturated rings. The lowest BCUT2D eigenvalue weighted by Crippen LogP contribution is -2.49. The molecule has 1 aromatic carbocycles. The molecule has 3 atom stereocenters. The minimum Gasteiger partial charge on any atom is -0.497 e. The van der Waals surface area contributed by atoms with Gasteiger partial charge in [0, 0.05) is 12.8 Å². The molecule has 142 valence electrons. The van der Waals surface area contributed by atoms with Gasteiger partial charge in [-0.3, -0.25) is 9.69 Å². The fraction of sp³-hybridized carbons (Fsp3) is 0.579. The average molecular weight is 377 g/mol. The van der Waals surface area contributed by atoms with Crippen molar-refractivity contribution in [2.24, 2.45) is 0 Å². The molecule has 1 aromatic rings. The van der Waals surface area contributed by atoms with E-state index in [-0.39, 0.29) is 10.9 Å². The molecular weight excluding hydrogens is 348 g/mol. The van der Waals surface area contributed by atoms with Crippen LogP contribution in [0, 0.1) is 11.3 Å². The van der Waals surface area contributed by atoms with Gasteiger partial charge in [0.05, 0.1) is 13.2 Å². The van der Waals surface area contributed by atoms with Crippen molar-refractivity contribution in [3.05, 3.63) is 24.3 Å². The smallest absolute Gasteiger partial charge is 0.260 e. The number of hydrogen-bond acceptors (Lipinski definition) is 5. The first-order valence-electron chi connectivity index (χ1n) is 8.64. The van der Waals surface area contributed by atoms with Crippen molar-refractivity contribution in [3.8, 4) is 11.8 Å². The van der Waals surface area contributed by atoms with E-state index in [9.17, 15) is 10.1 Å². The van der Waals surface area contributed by atoms with E-state index in [1.807, 2.05) is 0 Å². The highest BCUT2D eigenvalue weighted by atomic mass is 28.4. The van der Waals surface area contributed by atoms with Gasteiger partial charge in [-0.15, -0.1) is 0 Å². The van der Waals surface area contributed by atoms with E-state index in [1.54, 1.807) is 31.4 Å². The molecular formula is C19H28N2O4Si. The quantitative estimate of drug-likeness (QED) is 0.737. The van der Waals surface area contributed by atoms with Crippen molar-refractivity contribution in [1.82, 2.24) is 0 Å². The van der Waals surface area contributed by atoms with Gasteiger partial charge in [-0.05, 0) is 42.4 Å². The highest BCUT2D eigenvalue weighted by Crippen LogP contribution is 2.40. The summed E-state index contributed by atoms with van der Waals surface area (Å²) in [5, 5.41) is 9.77. The zero-order valence-corrected chi connectivity index (χ0v) is 17.6. The predicted octanol–water partition coefficient (Wildman–Crippen LogP) is 3.34. The van der Waals surface area contributed by atoms with Gasteiger partial charge < -0.3 is 13.9 Å². The highest BCUT2D eigenvalue weighted by molar-refractivity contribution is 6.74. The number of rotatable bonds is 5. The van der Waals surface area contributed by atoms with Gasteiger partial charge in [-0.2, -0.15) is 5.26 Å². The molecule has 1 saturated heterocycles. The van der Waals surface area contributed by atoms with Gasteiger partial charge in [-0.1, -0.05) is 20.8 Å². The number of ether oxygens (including phenoxy) is 2. The fourth-order valence-electron chi connectivity index (χ4n) is 2.77. The number of nitrogens with zero attached hydrogens (tertiary/aromatic N) is 2. The summed E-state index contributed by atoms with van der Waals surface area (Å²) in [4.78, 5) is 14.4. The Hall–Kier alpha value is -1.88. The molecule has 26 heavy (non-hydrogen) atoms. The van der Waals surface area contributed by atoms with Crippen LogP contribution in [0.4, 0.5) is 5.69 Å². The number of anilines is 1. The summed E-state index contributed by atoms with van der Waals surface area (Å²) in [6.07, 6.45) is -1.42. The number of carbonyl (C=O) groups is 1. The maximum atomic E-state index is 13.0. The molecule has 1 amide bonds. The molecule has 0 saturated carbocycles. The van der Waals surface area contributed by atoms with E-state index in [4.69, 9.17) is 13.9 Å². The number of amides is 1. The largest absolute Gasteiger partial charge is 0.497 e. The first-order chi connectivity index (χ1) is 12.1. The lowest BCUT2D eigenvalue weighted by Gasteiger charge is -2.39. The minimum atomic E-state index is -2.19. The SMILES string of the molecule is COc1ccc(N2C(=O)[C@H](OC)[C@@H](O[Si](C)(C)C(C)(C)C)[C@H]2C#N)cc1. The second-order valence-electron chi connectivity index (χ2n) is 7.98. The van der Waals surface area contributed by atoms with Crippen LogP contribution in [0.15, 0.2) is 24.3 Å². The van der Waals surface area contributed by atoms with E-state index in [2.05, 4.69) is 39.9 Å². The van der Waals surface area contributed by atoms with E-state index in [0.29, 0.717) is 11.4 Å². The number of methoxy groups -OCH3 is 2. The molecule has 0 N–H and O–H groups in total. The fourth-order valence-corrected chi connectivity index (χ4v) is 4.05. The van der Waals surface area contributed by atoms with Crippen LogP contribution in [0.2, 0.25) is 18.1 Å². The maximum absolute atomic E-state index is 13.0. The van der Waals surface area contributed by atoms with Crippen molar-refractivity contribution in [1.29, 1.82) is 5.26 Å². The third-order valence-electron chi connectivity index (χ3n) is 5.34. The second kappa shape index (κ2) is 7.39. The number of hydrogen-bond donors (Lipinski definition) is 0. The Morgan fingerprint density at radius 1 is 1.15 bits per heavy atom. The molecule has 6 nitrogen and oxygen atoms in total. The summed E-state index contributed by atoms with van der Waals surface area (Å²) in [5.74, 6) is 0.430. The normalized spacial score (nSPS) is 23.8. The topological polar surface area (TPSA) is 71.8 Å². The standard InChI is InChI=1S/C19H28N2O4Si/c1-19(2,3)26(6,7)25-16-15(12-20)21(18(22)17(16)24-5)13-8-10-14(23-4)11-9-13/h8-11,15-17H,1-7H3/t15-,16+,17-/m1/s1. The predicted molar refractivity (Wildman–Crippen MR) is 103 cm³/mol. The van der Waals surface area contributed by atoms with Crippen molar-refractivity contribution in [3.63, 3.8) is 0 Å². The zero-order chi connectivity index (χ0) is 19.7. The molecule has 0 unspecified atom stereocenters. The van der Waals surface area contributed by atoms with Crippen molar-refractivity contribution < 1.29 is 18.7 Å². The first kappa shape index (κ1) is 20.4.